The van der Waals surface area contributed by atoms with Crippen molar-refractivity contribution in [3.05, 3.63) is 51.7 Å². The largest absolute Gasteiger partial charge is 0.507 e. The average Bonchev–Trinajstić information content (AvgIpc) is 3.31. The summed E-state index contributed by atoms with van der Waals surface area (Å²) in [6, 6.07) is 5.96. The lowest BCUT2D eigenvalue weighted by Gasteiger charge is -2.39. The number of ether oxygens (including phenoxy) is 4. The molecule has 2 aromatic carbocycles. The molecule has 1 unspecified atom stereocenters. The summed E-state index contributed by atoms with van der Waals surface area (Å²) in [6.07, 6.45) is 2.50. The third-order valence-corrected chi connectivity index (χ3v) is 8.91. The van der Waals surface area contributed by atoms with Crippen LogP contribution < -0.4 is 18.9 Å². The van der Waals surface area contributed by atoms with Crippen molar-refractivity contribution in [2.24, 2.45) is 5.92 Å². The molecule has 224 valence electrons. The number of carbonyl (C=O) groups is 3. The molecule has 3 atom stereocenters. The molecule has 0 saturated carbocycles. The van der Waals surface area contributed by atoms with Gasteiger partial charge in [0.05, 0.1) is 21.3 Å². The molecule has 2 N–H and O–H groups in total. The summed E-state index contributed by atoms with van der Waals surface area (Å²) in [7, 11) is 4.18. The van der Waals surface area contributed by atoms with Crippen molar-refractivity contribution in [3.63, 3.8) is 0 Å². The number of hydrogen-bond donors (Lipinski definition) is 2. The quantitative estimate of drug-likeness (QED) is 0.451. The van der Waals surface area contributed by atoms with E-state index >= 15 is 0 Å². The monoisotopic (exact) mass is 599 g/mol. The van der Waals surface area contributed by atoms with Gasteiger partial charge in [-0.2, -0.15) is 0 Å². The van der Waals surface area contributed by atoms with Gasteiger partial charge in [0, 0.05) is 49.4 Å². The molecule has 0 bridgehead atoms. The predicted molar refractivity (Wildman–Crippen MR) is 153 cm³/mol. The van der Waals surface area contributed by atoms with E-state index in [2.05, 4.69) is 0 Å². The number of carbonyl (C=O) groups excluding carboxylic acids is 3. The lowest BCUT2D eigenvalue weighted by molar-refractivity contribution is -0.132. The van der Waals surface area contributed by atoms with Gasteiger partial charge in [0.15, 0.2) is 28.8 Å². The van der Waals surface area contributed by atoms with Crippen molar-refractivity contribution in [3.8, 4) is 28.7 Å². The van der Waals surface area contributed by atoms with E-state index in [9.17, 15) is 24.6 Å². The molecular formula is C31H34ClNO9. The summed E-state index contributed by atoms with van der Waals surface area (Å²) >= 11 is 6.56. The summed E-state index contributed by atoms with van der Waals surface area (Å²) in [5, 5.41) is 22.3. The molecule has 1 fully saturated rings. The zero-order valence-electron chi connectivity index (χ0n) is 24.0. The van der Waals surface area contributed by atoms with E-state index in [0.717, 1.165) is 19.3 Å². The van der Waals surface area contributed by atoms with Crippen LogP contribution in [0.1, 0.15) is 60.9 Å². The SMILES string of the molecule is COc1cc(C(CC(=O)N2CCCCC2)C2=C(O)[C@@]3(Oc4c(Cl)c(OC)cc(OC)c4C3=O)[C@H](C)CC2=O)ccc1O. The van der Waals surface area contributed by atoms with Crippen LogP contribution in [0.25, 0.3) is 0 Å². The Bertz CT molecular complexity index is 1480. The van der Waals surface area contributed by atoms with E-state index in [1.165, 1.54) is 39.5 Å². The van der Waals surface area contributed by atoms with Gasteiger partial charge in [-0.15, -0.1) is 0 Å². The summed E-state index contributed by atoms with van der Waals surface area (Å²) < 4.78 is 22.4. The average molecular weight is 600 g/mol. The Morgan fingerprint density at radius 3 is 2.36 bits per heavy atom. The van der Waals surface area contributed by atoms with E-state index in [4.69, 9.17) is 30.5 Å². The number of nitrogens with zero attached hydrogens (tertiary/aromatic N) is 1. The number of aliphatic hydroxyl groups is 1. The number of amides is 1. The normalized spacial score (nSPS) is 22.6. The first-order chi connectivity index (χ1) is 20.1. The molecule has 3 aliphatic rings. The zero-order valence-corrected chi connectivity index (χ0v) is 24.7. The summed E-state index contributed by atoms with van der Waals surface area (Å²) in [4.78, 5) is 43.3. The van der Waals surface area contributed by atoms with Crippen LogP contribution >= 0.6 is 11.6 Å². The summed E-state index contributed by atoms with van der Waals surface area (Å²) in [6.45, 7) is 2.84. The summed E-state index contributed by atoms with van der Waals surface area (Å²) in [5.74, 6) is -3.19. The second-order valence-electron chi connectivity index (χ2n) is 10.9. The van der Waals surface area contributed by atoms with Gasteiger partial charge in [-0.3, -0.25) is 14.4 Å². The predicted octanol–water partition coefficient (Wildman–Crippen LogP) is 4.99. The van der Waals surface area contributed by atoms with Crippen LogP contribution in [-0.4, -0.2) is 72.6 Å². The molecule has 2 aliphatic heterocycles. The Morgan fingerprint density at radius 1 is 1.05 bits per heavy atom. The molecule has 5 rings (SSSR count). The molecule has 1 aliphatic carbocycles. The minimum atomic E-state index is -1.98. The molecule has 1 spiro atoms. The van der Waals surface area contributed by atoms with Crippen molar-refractivity contribution in [1.29, 1.82) is 0 Å². The molecule has 0 aromatic heterocycles. The van der Waals surface area contributed by atoms with Gasteiger partial charge < -0.3 is 34.1 Å². The molecule has 10 nitrogen and oxygen atoms in total. The standard InChI is InChI=1S/C31H34ClNO9/c1-16-12-20(35)25(29(37)31(16)30(38)26-22(40-3)15-23(41-4)27(32)28(26)42-31)18(14-24(36)33-10-6-5-7-11-33)17-8-9-19(34)21(13-17)39-2/h8-9,13,15-16,18,34,37H,5-7,10-12,14H2,1-4H3/t16-,18?,31+/m1/s1. The number of phenols is 1. The van der Waals surface area contributed by atoms with E-state index in [1.54, 1.807) is 17.9 Å². The molecule has 2 heterocycles. The maximum Gasteiger partial charge on any atom is 0.231 e. The Kier molecular flexibility index (Phi) is 8.02. The molecule has 11 heteroatoms. The number of piperidine rings is 1. The molecular weight excluding hydrogens is 566 g/mol. The Morgan fingerprint density at radius 2 is 1.71 bits per heavy atom. The van der Waals surface area contributed by atoms with Crippen LogP contribution in [0.3, 0.4) is 0 Å². The van der Waals surface area contributed by atoms with Crippen LogP contribution in [0.5, 0.6) is 28.7 Å². The highest BCUT2D eigenvalue weighted by molar-refractivity contribution is 6.35. The zero-order chi connectivity index (χ0) is 30.3. The Labute approximate surface area is 248 Å². The number of aromatic hydroxyl groups is 1. The minimum absolute atomic E-state index is 0.0165. The minimum Gasteiger partial charge on any atom is -0.507 e. The van der Waals surface area contributed by atoms with Crippen molar-refractivity contribution in [1.82, 2.24) is 4.90 Å². The van der Waals surface area contributed by atoms with Gasteiger partial charge in [0.25, 0.3) is 0 Å². The lowest BCUT2D eigenvalue weighted by Crippen LogP contribution is -2.53. The van der Waals surface area contributed by atoms with Crippen LogP contribution in [0.2, 0.25) is 5.02 Å². The van der Waals surface area contributed by atoms with Crippen molar-refractivity contribution < 1.29 is 43.5 Å². The number of methoxy groups -OCH3 is 3. The number of aliphatic hydroxyl groups excluding tert-OH is 1. The van der Waals surface area contributed by atoms with Crippen molar-refractivity contribution >= 4 is 29.1 Å². The number of ketones is 2. The summed E-state index contributed by atoms with van der Waals surface area (Å²) in [5.41, 5.74) is -1.60. The first kappa shape index (κ1) is 29.6. The number of phenolic OH excluding ortho intramolecular Hbond substituents is 1. The maximum atomic E-state index is 14.2. The van der Waals surface area contributed by atoms with Gasteiger partial charge in [-0.05, 0) is 37.0 Å². The number of rotatable bonds is 7. The Hall–Kier alpha value is -3.92. The number of benzene rings is 2. The van der Waals surface area contributed by atoms with E-state index in [-0.39, 0.29) is 63.7 Å². The highest BCUT2D eigenvalue weighted by atomic mass is 35.5. The van der Waals surface area contributed by atoms with Crippen molar-refractivity contribution in [2.75, 3.05) is 34.4 Å². The van der Waals surface area contributed by atoms with Gasteiger partial charge >= 0.3 is 0 Å². The second-order valence-corrected chi connectivity index (χ2v) is 11.3. The molecule has 42 heavy (non-hydrogen) atoms. The Balaban J connectivity index is 1.68. The van der Waals surface area contributed by atoms with Gasteiger partial charge in [0.2, 0.25) is 17.3 Å². The van der Waals surface area contributed by atoms with Crippen LogP contribution in [-0.2, 0) is 9.59 Å². The molecule has 1 saturated heterocycles. The maximum absolute atomic E-state index is 14.2. The smallest absolute Gasteiger partial charge is 0.231 e. The fourth-order valence-corrected chi connectivity index (χ4v) is 6.55. The fourth-order valence-electron chi connectivity index (χ4n) is 6.28. The van der Waals surface area contributed by atoms with E-state index in [1.807, 2.05) is 0 Å². The van der Waals surface area contributed by atoms with Crippen LogP contribution in [0.15, 0.2) is 35.6 Å². The van der Waals surface area contributed by atoms with Gasteiger partial charge in [0.1, 0.15) is 22.1 Å². The number of Topliss-reactive ketones (excluding diaryl/α,β-unsaturated/α-hetero) is 2. The van der Waals surface area contributed by atoms with Gasteiger partial charge in [-0.25, -0.2) is 0 Å². The number of hydrogen-bond acceptors (Lipinski definition) is 9. The fraction of sp³-hybridized carbons (Fsp3) is 0.452. The van der Waals surface area contributed by atoms with Crippen molar-refractivity contribution in [2.45, 2.75) is 50.5 Å². The molecule has 2 aromatic rings. The first-order valence-electron chi connectivity index (χ1n) is 13.9. The van der Waals surface area contributed by atoms with Crippen LogP contribution in [0, 0.1) is 5.92 Å². The second kappa shape index (κ2) is 11.4. The number of likely N-dealkylation sites (tertiary alicyclic amines) is 1. The van der Waals surface area contributed by atoms with E-state index < -0.39 is 34.8 Å². The topological polar surface area (TPSA) is 132 Å². The first-order valence-corrected chi connectivity index (χ1v) is 14.3. The third-order valence-electron chi connectivity index (χ3n) is 8.55. The number of fused-ring (bicyclic) bond motifs is 1. The third kappa shape index (κ3) is 4.62. The molecule has 0 radical (unpaired) electrons. The lowest BCUT2D eigenvalue weighted by atomic mass is 9.69. The van der Waals surface area contributed by atoms with Crippen LogP contribution in [0.4, 0.5) is 0 Å². The number of halogens is 1. The molecule has 1 amide bonds. The van der Waals surface area contributed by atoms with Gasteiger partial charge in [-0.1, -0.05) is 24.6 Å². The van der Waals surface area contributed by atoms with E-state index in [0.29, 0.717) is 18.7 Å². The highest BCUT2D eigenvalue weighted by Gasteiger charge is 2.61. The highest BCUT2D eigenvalue weighted by Crippen LogP contribution is 2.56. The number of allylic oxidation sites excluding steroid dienone is 1.